The van der Waals surface area contributed by atoms with Crippen LogP contribution in [0.1, 0.15) is 31.2 Å². The zero-order valence-corrected chi connectivity index (χ0v) is 23.7. The largest absolute Gasteiger partial charge is 0.463 e. The number of furan rings is 1. The number of aromatic nitrogens is 1. The summed E-state index contributed by atoms with van der Waals surface area (Å²) in [5.41, 5.74) is 1.66. The van der Waals surface area contributed by atoms with Crippen molar-refractivity contribution in [3.63, 3.8) is 0 Å². The Labute approximate surface area is 238 Å². The van der Waals surface area contributed by atoms with Gasteiger partial charge in [0.15, 0.2) is 4.80 Å². The van der Waals surface area contributed by atoms with Gasteiger partial charge in [0.2, 0.25) is 0 Å². The highest BCUT2D eigenvalue weighted by Gasteiger charge is 2.33. The number of nitro benzene ring substituents is 1. The number of allylic oxidation sites excluding steroid dienone is 1. The quantitative estimate of drug-likeness (QED) is 0.161. The van der Waals surface area contributed by atoms with E-state index in [9.17, 15) is 19.7 Å². The Morgan fingerprint density at radius 1 is 1.26 bits per heavy atom. The first-order chi connectivity index (χ1) is 18.7. The highest BCUT2D eigenvalue weighted by Crippen LogP contribution is 2.33. The lowest BCUT2D eigenvalue weighted by molar-refractivity contribution is -0.384. The van der Waals surface area contributed by atoms with Gasteiger partial charge in [0, 0.05) is 33.3 Å². The number of rotatable bonds is 6. The summed E-state index contributed by atoms with van der Waals surface area (Å²) in [5.74, 6) is 0.331. The second kappa shape index (κ2) is 10.8. The maximum absolute atomic E-state index is 13.7. The van der Waals surface area contributed by atoms with Crippen molar-refractivity contribution in [2.45, 2.75) is 19.9 Å². The smallest absolute Gasteiger partial charge is 0.338 e. The Balaban J connectivity index is 1.60. The van der Waals surface area contributed by atoms with Gasteiger partial charge in [-0.25, -0.2) is 9.79 Å². The van der Waals surface area contributed by atoms with Gasteiger partial charge in [0.25, 0.3) is 11.2 Å². The molecule has 9 nitrogen and oxygen atoms in total. The molecule has 4 aromatic rings. The van der Waals surface area contributed by atoms with Gasteiger partial charge in [0.05, 0.1) is 33.4 Å². The summed E-state index contributed by atoms with van der Waals surface area (Å²) in [7, 11) is 0. The average molecular weight is 629 g/mol. The molecule has 0 bridgehead atoms. The fourth-order valence-corrected chi connectivity index (χ4v) is 5.99. The number of carbonyl (C=O) groups is 1. The summed E-state index contributed by atoms with van der Waals surface area (Å²) in [5, 5.41) is 11.6. The van der Waals surface area contributed by atoms with Crippen LogP contribution < -0.4 is 14.9 Å². The molecule has 0 saturated carbocycles. The minimum absolute atomic E-state index is 0.0498. The van der Waals surface area contributed by atoms with Crippen molar-refractivity contribution in [3.8, 4) is 11.3 Å². The summed E-state index contributed by atoms with van der Waals surface area (Å²) in [6, 6.07) is 14.0. The molecule has 1 aliphatic rings. The van der Waals surface area contributed by atoms with E-state index in [0.717, 1.165) is 0 Å². The Hall–Kier alpha value is -3.80. The van der Waals surface area contributed by atoms with Crippen LogP contribution in [0, 0.1) is 10.1 Å². The number of fused-ring (bicyclic) bond motifs is 1. The number of nitrogens with zero attached hydrogens (tertiary/aromatic N) is 3. The van der Waals surface area contributed by atoms with Crippen LogP contribution in [-0.2, 0) is 9.53 Å². The molecule has 1 atom stereocenters. The fourth-order valence-electron chi connectivity index (χ4n) is 4.27. The molecule has 0 radical (unpaired) electrons. The lowest BCUT2D eigenvalue weighted by Gasteiger charge is -2.24. The number of hydrogen-bond donors (Lipinski definition) is 0. The minimum atomic E-state index is -0.747. The van der Waals surface area contributed by atoms with E-state index < -0.39 is 16.9 Å². The Morgan fingerprint density at radius 2 is 2.00 bits per heavy atom. The van der Waals surface area contributed by atoms with Crippen LogP contribution in [0.3, 0.4) is 0 Å². The van der Waals surface area contributed by atoms with Gasteiger partial charge in [0.1, 0.15) is 11.5 Å². The zero-order chi connectivity index (χ0) is 27.8. The third kappa shape index (κ3) is 5.12. The number of halogens is 2. The van der Waals surface area contributed by atoms with E-state index in [4.69, 9.17) is 20.8 Å². The third-order valence-electron chi connectivity index (χ3n) is 6.03. The maximum atomic E-state index is 13.7. The molecule has 0 amide bonds. The summed E-state index contributed by atoms with van der Waals surface area (Å²) in [6.45, 7) is 3.61. The van der Waals surface area contributed by atoms with Gasteiger partial charge >= 0.3 is 5.97 Å². The Bertz CT molecular complexity index is 1840. The topological polar surface area (TPSA) is 117 Å². The second-order valence-corrected chi connectivity index (χ2v) is 10.8. The minimum Gasteiger partial charge on any atom is -0.463 e. The van der Waals surface area contributed by atoms with Crippen molar-refractivity contribution < 1.29 is 18.9 Å². The van der Waals surface area contributed by atoms with Crippen LogP contribution in [0.5, 0.6) is 0 Å². The van der Waals surface area contributed by atoms with Crippen LogP contribution in [0.2, 0.25) is 5.02 Å². The highest BCUT2D eigenvalue weighted by molar-refractivity contribution is 9.10. The maximum Gasteiger partial charge on any atom is 0.338 e. The summed E-state index contributed by atoms with van der Waals surface area (Å²) < 4.78 is 13.6. The van der Waals surface area contributed by atoms with Gasteiger partial charge in [-0.05, 0) is 65.7 Å². The van der Waals surface area contributed by atoms with Crippen molar-refractivity contribution >= 4 is 56.6 Å². The first-order valence-corrected chi connectivity index (χ1v) is 13.7. The molecule has 0 unspecified atom stereocenters. The number of benzene rings is 2. The molecule has 2 aromatic carbocycles. The van der Waals surface area contributed by atoms with E-state index in [1.54, 1.807) is 62.4 Å². The molecule has 5 rings (SSSR count). The van der Waals surface area contributed by atoms with E-state index in [1.165, 1.54) is 28.0 Å². The first-order valence-electron chi connectivity index (χ1n) is 11.7. The monoisotopic (exact) mass is 627 g/mol. The van der Waals surface area contributed by atoms with E-state index in [1.807, 2.05) is 0 Å². The van der Waals surface area contributed by atoms with Crippen LogP contribution in [-0.4, -0.2) is 22.1 Å². The van der Waals surface area contributed by atoms with Gasteiger partial charge < -0.3 is 9.15 Å². The number of non-ortho nitro benzene ring substituents is 1. The molecule has 0 aliphatic carbocycles. The molecule has 0 fully saturated rings. The molecule has 0 spiro atoms. The van der Waals surface area contributed by atoms with Crippen molar-refractivity contribution in [2.75, 3.05) is 6.61 Å². The lowest BCUT2D eigenvalue weighted by Crippen LogP contribution is -2.39. The SMILES string of the molecule is CCOC(=O)C1=C(C)N=c2s/c(=C\c3ccc(-c4ccc([N+](=O)[O-])cc4Br)o3)c(=O)n2[C@H]1c1ccc(Cl)cc1. The predicted molar refractivity (Wildman–Crippen MR) is 150 cm³/mol. The lowest BCUT2D eigenvalue weighted by atomic mass is 9.96. The van der Waals surface area contributed by atoms with Gasteiger partial charge in [-0.1, -0.05) is 35.1 Å². The molecule has 0 N–H and O–H groups in total. The van der Waals surface area contributed by atoms with E-state index >= 15 is 0 Å². The first kappa shape index (κ1) is 26.8. The molecule has 39 heavy (non-hydrogen) atoms. The van der Waals surface area contributed by atoms with Crippen molar-refractivity contribution in [3.05, 3.63) is 116 Å². The molecule has 12 heteroatoms. The molecular weight excluding hydrogens is 610 g/mol. The molecule has 1 aliphatic heterocycles. The second-order valence-electron chi connectivity index (χ2n) is 8.48. The highest BCUT2D eigenvalue weighted by atomic mass is 79.9. The fraction of sp³-hybridized carbons (Fsp3) is 0.148. The third-order valence-corrected chi connectivity index (χ3v) is 7.92. The normalized spacial score (nSPS) is 15.2. The number of hydrogen-bond acceptors (Lipinski definition) is 8. The van der Waals surface area contributed by atoms with Gasteiger partial charge in [-0.15, -0.1) is 0 Å². The van der Waals surface area contributed by atoms with Crippen molar-refractivity contribution in [1.29, 1.82) is 0 Å². The van der Waals surface area contributed by atoms with E-state index in [0.29, 0.717) is 47.2 Å². The standard InChI is InChI=1S/C27H19BrClN3O6S/c1-3-37-26(34)23-14(2)30-27-31(24(23)15-4-6-16(29)7-5-15)25(33)22(39-27)13-18-9-11-21(38-18)19-10-8-17(32(35)36)12-20(19)28/h4-13,24H,3H2,1-2H3/b22-13-/t24-/m0/s1. The summed E-state index contributed by atoms with van der Waals surface area (Å²) in [6.07, 6.45) is 1.61. The summed E-state index contributed by atoms with van der Waals surface area (Å²) >= 11 is 10.6. The van der Waals surface area contributed by atoms with E-state index in [-0.39, 0.29) is 23.4 Å². The average Bonchev–Trinajstić information content (AvgIpc) is 3.48. The molecular formula is C27H19BrClN3O6S. The van der Waals surface area contributed by atoms with Crippen molar-refractivity contribution in [1.82, 2.24) is 4.57 Å². The molecule has 0 saturated heterocycles. The van der Waals surface area contributed by atoms with Crippen LogP contribution >= 0.6 is 38.9 Å². The zero-order valence-electron chi connectivity index (χ0n) is 20.5. The molecule has 198 valence electrons. The number of carbonyl (C=O) groups excluding carboxylic acids is 1. The Kier molecular flexibility index (Phi) is 7.39. The van der Waals surface area contributed by atoms with Crippen molar-refractivity contribution in [2.24, 2.45) is 4.99 Å². The van der Waals surface area contributed by atoms with E-state index in [2.05, 4.69) is 20.9 Å². The predicted octanol–water partition coefficient (Wildman–Crippen LogP) is 5.38. The molecule has 2 aromatic heterocycles. The number of nitro groups is 1. The van der Waals surface area contributed by atoms with Crippen LogP contribution in [0.15, 0.2) is 84.5 Å². The summed E-state index contributed by atoms with van der Waals surface area (Å²) in [4.78, 5) is 42.2. The molecule has 3 heterocycles. The van der Waals surface area contributed by atoms with Crippen LogP contribution in [0.4, 0.5) is 5.69 Å². The van der Waals surface area contributed by atoms with Gasteiger partial charge in [-0.3, -0.25) is 19.5 Å². The number of esters is 1. The van der Waals surface area contributed by atoms with Crippen LogP contribution in [0.25, 0.3) is 17.4 Å². The Morgan fingerprint density at radius 3 is 2.67 bits per heavy atom. The van der Waals surface area contributed by atoms with Gasteiger partial charge in [-0.2, -0.15) is 0 Å². The number of thiazole rings is 1. The number of ether oxygens (including phenoxy) is 1.